The average Bonchev–Trinajstić information content (AvgIpc) is 2.34. The summed E-state index contributed by atoms with van der Waals surface area (Å²) in [6, 6.07) is 4.13. The number of carbonyl (C=O) groups excluding carboxylic acids is 1. The number of rotatable bonds is 5. The van der Waals surface area contributed by atoms with Gasteiger partial charge in [0.1, 0.15) is 0 Å². The van der Waals surface area contributed by atoms with Crippen molar-refractivity contribution in [2.45, 2.75) is 25.9 Å². The molecule has 0 unspecified atom stereocenters. The molecule has 1 rings (SSSR count). The lowest BCUT2D eigenvalue weighted by Crippen LogP contribution is -2.18. The number of benzene rings is 1. The molecule has 0 bridgehead atoms. The summed E-state index contributed by atoms with van der Waals surface area (Å²) in [5.41, 5.74) is -0.0259. The summed E-state index contributed by atoms with van der Waals surface area (Å²) in [6.07, 6.45) is -3.43. The summed E-state index contributed by atoms with van der Waals surface area (Å²) >= 11 is 0. The fourth-order valence-electron chi connectivity index (χ4n) is 1.64. The van der Waals surface area contributed by atoms with Gasteiger partial charge < -0.3 is 10.6 Å². The molecule has 0 heterocycles. The van der Waals surface area contributed by atoms with Gasteiger partial charge in [-0.25, -0.2) is 0 Å². The van der Waals surface area contributed by atoms with Crippen molar-refractivity contribution in [3.8, 4) is 0 Å². The van der Waals surface area contributed by atoms with Gasteiger partial charge in [-0.3, -0.25) is 4.79 Å². The van der Waals surface area contributed by atoms with Crippen molar-refractivity contribution in [3.63, 3.8) is 0 Å². The van der Waals surface area contributed by atoms with E-state index in [9.17, 15) is 18.0 Å². The summed E-state index contributed by atoms with van der Waals surface area (Å²) in [5, 5.41) is 5.37. The number of aryl methyl sites for hydroxylation is 1. The lowest BCUT2D eigenvalue weighted by atomic mass is 10.1. The van der Waals surface area contributed by atoms with E-state index in [0.29, 0.717) is 25.1 Å². The number of carbonyl (C=O) groups is 1. The zero-order valence-electron chi connectivity index (χ0n) is 10.9. The van der Waals surface area contributed by atoms with E-state index in [4.69, 9.17) is 0 Å². The Balaban J connectivity index is 2.58. The van der Waals surface area contributed by atoms with Crippen LogP contribution in [-0.4, -0.2) is 19.5 Å². The number of hydrogen-bond acceptors (Lipinski definition) is 2. The molecular weight excluding hydrogens is 257 g/mol. The van der Waals surface area contributed by atoms with Gasteiger partial charge in [-0.05, 0) is 31.0 Å². The summed E-state index contributed by atoms with van der Waals surface area (Å²) < 4.78 is 38.1. The molecule has 0 aliphatic heterocycles. The van der Waals surface area contributed by atoms with Crippen LogP contribution >= 0.6 is 0 Å². The fourth-order valence-corrected chi connectivity index (χ4v) is 1.64. The van der Waals surface area contributed by atoms with E-state index in [-0.39, 0.29) is 11.5 Å². The van der Waals surface area contributed by atoms with Crippen LogP contribution in [0, 0.1) is 6.92 Å². The quantitative estimate of drug-likeness (QED) is 0.810. The molecule has 2 N–H and O–H groups in total. The number of nitrogens with one attached hydrogen (secondary N) is 2. The third-order valence-electron chi connectivity index (χ3n) is 2.73. The van der Waals surface area contributed by atoms with Crippen LogP contribution in [0.4, 0.5) is 18.9 Å². The molecule has 3 nitrogen and oxygen atoms in total. The zero-order chi connectivity index (χ0) is 14.5. The predicted molar refractivity (Wildman–Crippen MR) is 68.0 cm³/mol. The van der Waals surface area contributed by atoms with E-state index in [1.165, 1.54) is 13.0 Å². The molecule has 0 saturated carbocycles. The highest BCUT2D eigenvalue weighted by Crippen LogP contribution is 2.33. The zero-order valence-corrected chi connectivity index (χ0v) is 10.9. The maximum absolute atomic E-state index is 12.7. The van der Waals surface area contributed by atoms with Crippen molar-refractivity contribution in [2.75, 3.05) is 18.9 Å². The Morgan fingerprint density at radius 2 is 2.00 bits per heavy atom. The van der Waals surface area contributed by atoms with E-state index in [1.54, 1.807) is 13.1 Å². The van der Waals surface area contributed by atoms with E-state index in [2.05, 4.69) is 10.6 Å². The Bertz CT molecular complexity index is 444. The van der Waals surface area contributed by atoms with Gasteiger partial charge in [0.25, 0.3) is 0 Å². The molecule has 1 aromatic rings. The highest BCUT2D eigenvalue weighted by Gasteiger charge is 2.32. The summed E-state index contributed by atoms with van der Waals surface area (Å²) in [6.45, 7) is 1.88. The predicted octanol–water partition coefficient (Wildman–Crippen LogP) is 2.95. The first-order valence-electron chi connectivity index (χ1n) is 5.97. The number of anilines is 1. The smallest absolute Gasteiger partial charge is 0.385 e. The maximum atomic E-state index is 12.7. The first-order valence-corrected chi connectivity index (χ1v) is 5.97. The molecule has 1 amide bonds. The standard InChI is InChI=1S/C13H17F3N2O/c1-9-5-6-10(8-11(9)13(14,15)16)18-7-3-4-12(19)17-2/h5-6,8,18H,3-4,7H2,1-2H3,(H,17,19). The molecule has 6 heteroatoms. The summed E-state index contributed by atoms with van der Waals surface area (Å²) in [5.74, 6) is -0.0818. The van der Waals surface area contributed by atoms with Crippen LogP contribution in [0.25, 0.3) is 0 Å². The Hall–Kier alpha value is -1.72. The topological polar surface area (TPSA) is 41.1 Å². The Morgan fingerprint density at radius 3 is 2.58 bits per heavy atom. The van der Waals surface area contributed by atoms with Crippen molar-refractivity contribution >= 4 is 11.6 Å². The van der Waals surface area contributed by atoms with Gasteiger partial charge in [-0.1, -0.05) is 6.07 Å². The van der Waals surface area contributed by atoms with E-state index in [0.717, 1.165) is 6.07 Å². The minimum atomic E-state index is -4.34. The van der Waals surface area contributed by atoms with Gasteiger partial charge in [0.15, 0.2) is 0 Å². The molecule has 1 aromatic carbocycles. The summed E-state index contributed by atoms with van der Waals surface area (Å²) in [7, 11) is 1.55. The van der Waals surface area contributed by atoms with Crippen LogP contribution in [0.1, 0.15) is 24.0 Å². The second-order valence-corrected chi connectivity index (χ2v) is 4.23. The lowest BCUT2D eigenvalue weighted by Gasteiger charge is -2.13. The van der Waals surface area contributed by atoms with Gasteiger partial charge in [0.2, 0.25) is 5.91 Å². The SMILES string of the molecule is CNC(=O)CCCNc1ccc(C)c(C(F)(F)F)c1. The second-order valence-electron chi connectivity index (χ2n) is 4.23. The molecule has 0 atom stereocenters. The largest absolute Gasteiger partial charge is 0.416 e. The van der Waals surface area contributed by atoms with Gasteiger partial charge >= 0.3 is 6.18 Å². The molecule has 0 fully saturated rings. The molecule has 106 valence electrons. The number of alkyl halides is 3. The summed E-state index contributed by atoms with van der Waals surface area (Å²) in [4.78, 5) is 11.0. The van der Waals surface area contributed by atoms with Crippen LogP contribution in [0.3, 0.4) is 0 Å². The third-order valence-corrected chi connectivity index (χ3v) is 2.73. The monoisotopic (exact) mass is 274 g/mol. The molecule has 0 aliphatic rings. The van der Waals surface area contributed by atoms with Crippen molar-refractivity contribution in [3.05, 3.63) is 29.3 Å². The Kier molecular flexibility index (Phi) is 5.20. The third kappa shape index (κ3) is 4.81. The molecule has 0 radical (unpaired) electrons. The number of halogens is 3. The molecule has 0 spiro atoms. The fraction of sp³-hybridized carbons (Fsp3) is 0.462. The van der Waals surface area contributed by atoms with E-state index < -0.39 is 11.7 Å². The van der Waals surface area contributed by atoms with Crippen LogP contribution < -0.4 is 10.6 Å². The van der Waals surface area contributed by atoms with Crippen molar-refractivity contribution < 1.29 is 18.0 Å². The van der Waals surface area contributed by atoms with Crippen molar-refractivity contribution in [2.24, 2.45) is 0 Å². The Morgan fingerprint density at radius 1 is 1.32 bits per heavy atom. The van der Waals surface area contributed by atoms with Crippen molar-refractivity contribution in [1.82, 2.24) is 5.32 Å². The van der Waals surface area contributed by atoms with Crippen LogP contribution in [0.15, 0.2) is 18.2 Å². The highest BCUT2D eigenvalue weighted by atomic mass is 19.4. The first-order chi connectivity index (χ1) is 8.84. The molecule has 0 aliphatic carbocycles. The Labute approximate surface area is 110 Å². The van der Waals surface area contributed by atoms with E-state index in [1.807, 2.05) is 0 Å². The van der Waals surface area contributed by atoms with Crippen LogP contribution in [0.2, 0.25) is 0 Å². The minimum absolute atomic E-state index is 0.0818. The normalized spacial score (nSPS) is 11.2. The van der Waals surface area contributed by atoms with Gasteiger partial charge in [-0.15, -0.1) is 0 Å². The van der Waals surface area contributed by atoms with Crippen molar-refractivity contribution in [1.29, 1.82) is 0 Å². The van der Waals surface area contributed by atoms with Crippen LogP contribution in [0.5, 0.6) is 0 Å². The molecular formula is C13H17F3N2O. The highest BCUT2D eigenvalue weighted by molar-refractivity contribution is 5.75. The van der Waals surface area contributed by atoms with Gasteiger partial charge in [0, 0.05) is 25.7 Å². The maximum Gasteiger partial charge on any atom is 0.416 e. The lowest BCUT2D eigenvalue weighted by molar-refractivity contribution is -0.138. The molecule has 0 aromatic heterocycles. The van der Waals surface area contributed by atoms with Crippen LogP contribution in [-0.2, 0) is 11.0 Å². The molecule has 0 saturated heterocycles. The number of hydrogen-bond donors (Lipinski definition) is 2. The number of amides is 1. The average molecular weight is 274 g/mol. The van der Waals surface area contributed by atoms with Gasteiger partial charge in [0.05, 0.1) is 5.56 Å². The van der Waals surface area contributed by atoms with E-state index >= 15 is 0 Å². The second kappa shape index (κ2) is 6.45. The minimum Gasteiger partial charge on any atom is -0.385 e. The van der Waals surface area contributed by atoms with Gasteiger partial charge in [-0.2, -0.15) is 13.2 Å². The molecule has 19 heavy (non-hydrogen) atoms. The first kappa shape index (κ1) is 15.3.